The van der Waals surface area contributed by atoms with Gasteiger partial charge in [0.1, 0.15) is 0 Å². The van der Waals surface area contributed by atoms with E-state index in [0.717, 1.165) is 12.0 Å². The van der Waals surface area contributed by atoms with Crippen molar-refractivity contribution in [2.24, 2.45) is 0 Å². The number of aldehydes is 1. The van der Waals surface area contributed by atoms with Gasteiger partial charge in [0.05, 0.1) is 22.8 Å². The van der Waals surface area contributed by atoms with Crippen molar-refractivity contribution < 1.29 is 4.79 Å². The third-order valence-electron chi connectivity index (χ3n) is 2.38. The van der Waals surface area contributed by atoms with E-state index in [4.69, 9.17) is 11.6 Å². The van der Waals surface area contributed by atoms with Crippen LogP contribution in [0.15, 0.2) is 30.5 Å². The summed E-state index contributed by atoms with van der Waals surface area (Å²) in [6.07, 6.45) is 2.46. The lowest BCUT2D eigenvalue weighted by molar-refractivity contribution is 0.112. The van der Waals surface area contributed by atoms with Gasteiger partial charge in [-0.05, 0) is 19.1 Å². The number of benzene rings is 1. The van der Waals surface area contributed by atoms with Crippen LogP contribution in [-0.4, -0.2) is 16.1 Å². The van der Waals surface area contributed by atoms with Crippen LogP contribution < -0.4 is 0 Å². The van der Waals surface area contributed by atoms with E-state index >= 15 is 0 Å². The number of carbonyl (C=O) groups excluding carboxylic acids is 1. The van der Waals surface area contributed by atoms with Gasteiger partial charge in [-0.2, -0.15) is 5.10 Å². The number of aromatic nitrogens is 2. The number of hydrogen-bond donors (Lipinski definition) is 0. The largest absolute Gasteiger partial charge is 0.298 e. The van der Waals surface area contributed by atoms with Crippen molar-refractivity contribution >= 4 is 17.9 Å². The zero-order chi connectivity index (χ0) is 11.5. The Kier molecular flexibility index (Phi) is 3.06. The monoisotopic (exact) mass is 234 g/mol. The topological polar surface area (TPSA) is 34.9 Å². The Bertz CT molecular complexity index is 502. The molecule has 0 unspecified atom stereocenters. The van der Waals surface area contributed by atoms with E-state index in [9.17, 15) is 4.79 Å². The van der Waals surface area contributed by atoms with Gasteiger partial charge in [-0.25, -0.2) is 4.68 Å². The Morgan fingerprint density at radius 2 is 2.06 bits per heavy atom. The van der Waals surface area contributed by atoms with E-state index in [-0.39, 0.29) is 5.88 Å². The molecule has 0 aliphatic carbocycles. The molecule has 0 saturated heterocycles. The molecule has 0 amide bonds. The number of nitrogens with zero attached hydrogens (tertiary/aromatic N) is 2. The minimum absolute atomic E-state index is 0.243. The second-order valence-electron chi connectivity index (χ2n) is 3.56. The molecule has 1 heterocycles. The van der Waals surface area contributed by atoms with Crippen LogP contribution in [0, 0.1) is 6.92 Å². The first-order chi connectivity index (χ1) is 7.74. The molecule has 1 aromatic heterocycles. The van der Waals surface area contributed by atoms with Crippen LogP contribution in [0.25, 0.3) is 5.69 Å². The van der Waals surface area contributed by atoms with Gasteiger partial charge in [0.2, 0.25) is 0 Å². The SMILES string of the molecule is Cc1ccc(-n2cc(C=O)c(CCl)n2)cc1. The van der Waals surface area contributed by atoms with Crippen LogP contribution in [0.1, 0.15) is 21.6 Å². The van der Waals surface area contributed by atoms with Gasteiger partial charge in [-0.3, -0.25) is 4.79 Å². The Balaban J connectivity index is 2.44. The van der Waals surface area contributed by atoms with Crippen molar-refractivity contribution in [3.05, 3.63) is 47.3 Å². The Morgan fingerprint density at radius 3 is 2.56 bits per heavy atom. The lowest BCUT2D eigenvalue weighted by atomic mass is 10.2. The highest BCUT2D eigenvalue weighted by Crippen LogP contribution is 2.13. The fraction of sp³-hybridized carbons (Fsp3) is 0.167. The second-order valence-corrected chi connectivity index (χ2v) is 3.83. The highest BCUT2D eigenvalue weighted by molar-refractivity contribution is 6.17. The third kappa shape index (κ3) is 1.99. The highest BCUT2D eigenvalue weighted by Gasteiger charge is 2.07. The fourth-order valence-corrected chi connectivity index (χ4v) is 1.66. The number of hydrogen-bond acceptors (Lipinski definition) is 2. The molecule has 0 aliphatic heterocycles. The summed E-state index contributed by atoms with van der Waals surface area (Å²) in [5.74, 6) is 0.243. The predicted octanol–water partition coefficient (Wildman–Crippen LogP) is 2.73. The molecule has 4 heteroatoms. The molecule has 0 spiro atoms. The molecular weight excluding hydrogens is 224 g/mol. The van der Waals surface area contributed by atoms with Gasteiger partial charge in [-0.15, -0.1) is 11.6 Å². The van der Waals surface area contributed by atoms with Gasteiger partial charge in [0.25, 0.3) is 0 Å². The van der Waals surface area contributed by atoms with Gasteiger partial charge in [0.15, 0.2) is 6.29 Å². The second kappa shape index (κ2) is 4.49. The normalized spacial score (nSPS) is 10.4. The number of carbonyl (C=O) groups is 1. The van der Waals surface area contributed by atoms with Crippen LogP contribution in [0.2, 0.25) is 0 Å². The third-order valence-corrected chi connectivity index (χ3v) is 2.63. The van der Waals surface area contributed by atoms with Crippen molar-refractivity contribution in [2.45, 2.75) is 12.8 Å². The molecule has 82 valence electrons. The first-order valence-electron chi connectivity index (χ1n) is 4.91. The highest BCUT2D eigenvalue weighted by atomic mass is 35.5. The van der Waals surface area contributed by atoms with E-state index in [1.165, 1.54) is 5.56 Å². The summed E-state index contributed by atoms with van der Waals surface area (Å²) >= 11 is 5.70. The molecule has 2 aromatic rings. The molecule has 16 heavy (non-hydrogen) atoms. The van der Waals surface area contributed by atoms with Gasteiger partial charge < -0.3 is 0 Å². The van der Waals surface area contributed by atoms with Crippen LogP contribution >= 0.6 is 11.6 Å². The van der Waals surface area contributed by atoms with Crippen LogP contribution in [0.4, 0.5) is 0 Å². The lowest BCUT2D eigenvalue weighted by Crippen LogP contribution is -1.95. The zero-order valence-electron chi connectivity index (χ0n) is 8.85. The average Bonchev–Trinajstić information content (AvgIpc) is 2.73. The summed E-state index contributed by atoms with van der Waals surface area (Å²) < 4.78 is 1.67. The fourth-order valence-electron chi connectivity index (χ4n) is 1.45. The molecule has 0 N–H and O–H groups in total. The maximum absolute atomic E-state index is 10.8. The van der Waals surface area contributed by atoms with Crippen molar-refractivity contribution in [3.63, 3.8) is 0 Å². The van der Waals surface area contributed by atoms with E-state index in [1.54, 1.807) is 10.9 Å². The van der Waals surface area contributed by atoms with Crippen LogP contribution in [0.5, 0.6) is 0 Å². The predicted molar refractivity (Wildman–Crippen MR) is 63.2 cm³/mol. The van der Waals surface area contributed by atoms with Crippen molar-refractivity contribution in [2.75, 3.05) is 0 Å². The molecule has 0 aliphatic rings. The van der Waals surface area contributed by atoms with Crippen LogP contribution in [0.3, 0.4) is 0 Å². The molecule has 0 bridgehead atoms. The summed E-state index contributed by atoms with van der Waals surface area (Å²) in [6.45, 7) is 2.02. The van der Waals surface area contributed by atoms with E-state index in [1.807, 2.05) is 31.2 Å². The first kappa shape index (κ1) is 10.9. The molecule has 0 saturated carbocycles. The molecule has 0 atom stereocenters. The number of halogens is 1. The standard InChI is InChI=1S/C12H11ClN2O/c1-9-2-4-11(5-3-9)15-7-10(8-16)12(6-13)14-15/h2-5,7-8H,6H2,1H3. The summed E-state index contributed by atoms with van der Waals surface area (Å²) in [6, 6.07) is 7.90. The van der Waals surface area contributed by atoms with Crippen molar-refractivity contribution in [1.29, 1.82) is 0 Å². The summed E-state index contributed by atoms with van der Waals surface area (Å²) in [4.78, 5) is 10.8. The first-order valence-corrected chi connectivity index (χ1v) is 5.45. The quantitative estimate of drug-likeness (QED) is 0.605. The average molecular weight is 235 g/mol. The van der Waals surface area contributed by atoms with E-state index < -0.39 is 0 Å². The summed E-state index contributed by atoms with van der Waals surface area (Å²) in [7, 11) is 0. The zero-order valence-corrected chi connectivity index (χ0v) is 9.61. The van der Waals surface area contributed by atoms with Gasteiger partial charge >= 0.3 is 0 Å². The molecule has 0 fully saturated rings. The Morgan fingerprint density at radius 1 is 1.38 bits per heavy atom. The Labute approximate surface area is 98.7 Å². The smallest absolute Gasteiger partial charge is 0.153 e. The molecule has 1 aromatic carbocycles. The lowest BCUT2D eigenvalue weighted by Gasteiger charge is -2.00. The van der Waals surface area contributed by atoms with E-state index in [0.29, 0.717) is 11.3 Å². The molecule has 0 radical (unpaired) electrons. The Hall–Kier alpha value is -1.61. The van der Waals surface area contributed by atoms with Crippen LogP contribution in [-0.2, 0) is 5.88 Å². The van der Waals surface area contributed by atoms with E-state index in [2.05, 4.69) is 5.10 Å². The maximum Gasteiger partial charge on any atom is 0.153 e. The van der Waals surface area contributed by atoms with Crippen molar-refractivity contribution in [3.8, 4) is 5.69 Å². The minimum atomic E-state index is 0.243. The molecular formula is C12H11ClN2O. The summed E-state index contributed by atoms with van der Waals surface area (Å²) in [5.41, 5.74) is 3.25. The van der Waals surface area contributed by atoms with Gasteiger partial charge in [-0.1, -0.05) is 17.7 Å². The number of alkyl halides is 1. The summed E-state index contributed by atoms with van der Waals surface area (Å²) in [5, 5.41) is 4.25. The molecule has 3 nitrogen and oxygen atoms in total. The number of aryl methyl sites for hydroxylation is 1. The van der Waals surface area contributed by atoms with Gasteiger partial charge in [0, 0.05) is 6.20 Å². The molecule has 2 rings (SSSR count). The number of rotatable bonds is 3. The minimum Gasteiger partial charge on any atom is -0.298 e. The maximum atomic E-state index is 10.8. The van der Waals surface area contributed by atoms with Crippen molar-refractivity contribution in [1.82, 2.24) is 9.78 Å².